The molecule has 0 aromatic heterocycles. The summed E-state index contributed by atoms with van der Waals surface area (Å²) < 4.78 is 13.6. The lowest BCUT2D eigenvalue weighted by Gasteiger charge is -2.23. The summed E-state index contributed by atoms with van der Waals surface area (Å²) in [6, 6.07) is 5.92. The van der Waals surface area contributed by atoms with Gasteiger partial charge in [-0.05, 0) is 24.8 Å². The molecule has 0 heterocycles. The van der Waals surface area contributed by atoms with Gasteiger partial charge in [-0.3, -0.25) is 4.79 Å². The number of rotatable bonds is 5. The molecule has 2 atom stereocenters. The minimum absolute atomic E-state index is 0.0941. The number of carbonyl (C=O) groups is 1. The summed E-state index contributed by atoms with van der Waals surface area (Å²) in [5.41, 5.74) is 6.56. The number of nitrogens with one attached hydrogen (secondary N) is 1. The molecule has 112 valence electrons. The summed E-state index contributed by atoms with van der Waals surface area (Å²) in [4.78, 5) is 11.9. The van der Waals surface area contributed by atoms with Gasteiger partial charge in [-0.15, -0.1) is 0 Å². The Morgan fingerprint density at radius 2 is 1.95 bits per heavy atom. The number of hydrogen-bond donors (Lipinski definition) is 2. The van der Waals surface area contributed by atoms with Crippen LogP contribution in [0.1, 0.15) is 52.1 Å². The minimum Gasteiger partial charge on any atom is -0.349 e. The van der Waals surface area contributed by atoms with Crippen molar-refractivity contribution < 1.29 is 9.18 Å². The summed E-state index contributed by atoms with van der Waals surface area (Å²) in [6.45, 7) is 8.04. The van der Waals surface area contributed by atoms with Crippen molar-refractivity contribution in [1.29, 1.82) is 0 Å². The molecular formula is C16H25FN2O. The van der Waals surface area contributed by atoms with Crippen LogP contribution in [0.4, 0.5) is 4.39 Å². The summed E-state index contributed by atoms with van der Waals surface area (Å²) in [7, 11) is 0. The predicted octanol–water partition coefficient (Wildman–Crippen LogP) is 3.16. The first-order valence-electron chi connectivity index (χ1n) is 6.98. The summed E-state index contributed by atoms with van der Waals surface area (Å²) >= 11 is 0. The molecule has 0 bridgehead atoms. The number of benzene rings is 1. The average molecular weight is 280 g/mol. The van der Waals surface area contributed by atoms with E-state index in [1.54, 1.807) is 25.1 Å². The molecule has 3 N–H and O–H groups in total. The molecule has 1 aromatic rings. The average Bonchev–Trinajstić information content (AvgIpc) is 2.25. The molecule has 0 fully saturated rings. The van der Waals surface area contributed by atoms with Crippen LogP contribution in [0.25, 0.3) is 0 Å². The second kappa shape index (κ2) is 6.84. The van der Waals surface area contributed by atoms with Crippen LogP contribution in [-0.4, -0.2) is 11.9 Å². The van der Waals surface area contributed by atoms with E-state index in [9.17, 15) is 9.18 Å². The molecule has 0 saturated carbocycles. The molecule has 20 heavy (non-hydrogen) atoms. The van der Waals surface area contributed by atoms with Crippen molar-refractivity contribution in [1.82, 2.24) is 5.32 Å². The van der Waals surface area contributed by atoms with Gasteiger partial charge in [0.15, 0.2) is 0 Å². The van der Waals surface area contributed by atoms with Gasteiger partial charge in [-0.2, -0.15) is 0 Å². The molecule has 0 spiro atoms. The second-order valence-corrected chi connectivity index (χ2v) is 6.54. The second-order valence-electron chi connectivity index (χ2n) is 6.54. The van der Waals surface area contributed by atoms with Crippen LogP contribution < -0.4 is 11.1 Å². The van der Waals surface area contributed by atoms with Gasteiger partial charge in [0.2, 0.25) is 5.91 Å². The first-order chi connectivity index (χ1) is 9.19. The molecule has 0 radical (unpaired) electrons. The topological polar surface area (TPSA) is 55.1 Å². The molecular weight excluding hydrogens is 255 g/mol. The van der Waals surface area contributed by atoms with Crippen LogP contribution in [-0.2, 0) is 4.79 Å². The van der Waals surface area contributed by atoms with E-state index in [1.807, 2.05) is 0 Å². The van der Waals surface area contributed by atoms with E-state index in [2.05, 4.69) is 26.1 Å². The van der Waals surface area contributed by atoms with Crippen LogP contribution in [0.5, 0.6) is 0 Å². The van der Waals surface area contributed by atoms with Crippen LogP contribution in [0.3, 0.4) is 0 Å². The van der Waals surface area contributed by atoms with E-state index in [1.165, 1.54) is 6.07 Å². The van der Waals surface area contributed by atoms with Gasteiger partial charge < -0.3 is 11.1 Å². The molecule has 0 aliphatic heterocycles. The Balaban J connectivity index is 2.52. The highest BCUT2D eigenvalue weighted by atomic mass is 19.1. The number of hydrogen-bond acceptors (Lipinski definition) is 2. The summed E-state index contributed by atoms with van der Waals surface area (Å²) in [5, 5.41) is 2.79. The Morgan fingerprint density at radius 1 is 1.35 bits per heavy atom. The van der Waals surface area contributed by atoms with E-state index >= 15 is 0 Å². The van der Waals surface area contributed by atoms with Gasteiger partial charge in [0.1, 0.15) is 5.82 Å². The van der Waals surface area contributed by atoms with Crippen LogP contribution in [0, 0.1) is 11.2 Å². The zero-order chi connectivity index (χ0) is 15.3. The molecule has 4 heteroatoms. The van der Waals surface area contributed by atoms with E-state index < -0.39 is 0 Å². The SMILES string of the molecule is CC(NC(=O)CC(N)CC(C)(C)C)c1ccccc1F. The van der Waals surface area contributed by atoms with Crippen molar-refractivity contribution in [2.45, 2.75) is 52.6 Å². The highest BCUT2D eigenvalue weighted by molar-refractivity contribution is 5.77. The molecule has 3 nitrogen and oxygen atoms in total. The van der Waals surface area contributed by atoms with Crippen molar-refractivity contribution in [3.8, 4) is 0 Å². The maximum Gasteiger partial charge on any atom is 0.222 e. The number of nitrogens with two attached hydrogens (primary N) is 1. The van der Waals surface area contributed by atoms with E-state index in [4.69, 9.17) is 5.73 Å². The molecule has 1 rings (SSSR count). The fourth-order valence-electron chi connectivity index (χ4n) is 2.30. The molecule has 1 aromatic carbocycles. The fraction of sp³-hybridized carbons (Fsp3) is 0.562. The fourth-order valence-corrected chi connectivity index (χ4v) is 2.30. The Bertz CT molecular complexity index is 454. The molecule has 2 unspecified atom stereocenters. The van der Waals surface area contributed by atoms with Crippen molar-refractivity contribution in [2.75, 3.05) is 0 Å². The summed E-state index contributed by atoms with van der Waals surface area (Å²) in [6.07, 6.45) is 1.03. The predicted molar refractivity (Wildman–Crippen MR) is 79.6 cm³/mol. The van der Waals surface area contributed by atoms with Crippen LogP contribution in [0.2, 0.25) is 0 Å². The molecule has 0 saturated heterocycles. The van der Waals surface area contributed by atoms with Crippen molar-refractivity contribution in [3.63, 3.8) is 0 Å². The third kappa shape index (κ3) is 5.70. The first-order valence-corrected chi connectivity index (χ1v) is 6.98. The van der Waals surface area contributed by atoms with E-state index in [-0.39, 0.29) is 35.6 Å². The molecule has 1 amide bonds. The van der Waals surface area contributed by atoms with Gasteiger partial charge in [-0.25, -0.2) is 4.39 Å². The molecule has 0 aliphatic rings. The van der Waals surface area contributed by atoms with Gasteiger partial charge in [0.25, 0.3) is 0 Å². The lowest BCUT2D eigenvalue weighted by molar-refractivity contribution is -0.122. The van der Waals surface area contributed by atoms with Gasteiger partial charge >= 0.3 is 0 Å². The normalized spacial score (nSPS) is 14.7. The zero-order valence-electron chi connectivity index (χ0n) is 12.7. The largest absolute Gasteiger partial charge is 0.349 e. The van der Waals surface area contributed by atoms with Gasteiger partial charge in [0.05, 0.1) is 6.04 Å². The number of amides is 1. The number of halogens is 1. The van der Waals surface area contributed by atoms with Crippen molar-refractivity contribution in [3.05, 3.63) is 35.6 Å². The first kappa shape index (κ1) is 16.6. The third-order valence-electron chi connectivity index (χ3n) is 3.07. The zero-order valence-corrected chi connectivity index (χ0v) is 12.7. The van der Waals surface area contributed by atoms with Crippen LogP contribution >= 0.6 is 0 Å². The quantitative estimate of drug-likeness (QED) is 0.870. The third-order valence-corrected chi connectivity index (χ3v) is 3.07. The van der Waals surface area contributed by atoms with Crippen molar-refractivity contribution >= 4 is 5.91 Å². The standard InChI is InChI=1S/C16H25FN2O/c1-11(13-7-5-6-8-14(13)17)19-15(20)9-12(18)10-16(2,3)4/h5-8,11-12H,9-10,18H2,1-4H3,(H,19,20). The van der Waals surface area contributed by atoms with Crippen molar-refractivity contribution in [2.24, 2.45) is 11.1 Å². The Labute approximate surface area is 120 Å². The lowest BCUT2D eigenvalue weighted by Crippen LogP contribution is -2.35. The maximum absolute atomic E-state index is 13.6. The highest BCUT2D eigenvalue weighted by Crippen LogP contribution is 2.21. The van der Waals surface area contributed by atoms with E-state index in [0.29, 0.717) is 5.56 Å². The highest BCUT2D eigenvalue weighted by Gasteiger charge is 2.19. The van der Waals surface area contributed by atoms with Crippen LogP contribution in [0.15, 0.2) is 24.3 Å². The number of carbonyl (C=O) groups excluding carboxylic acids is 1. The van der Waals surface area contributed by atoms with E-state index in [0.717, 1.165) is 6.42 Å². The smallest absolute Gasteiger partial charge is 0.222 e. The lowest BCUT2D eigenvalue weighted by atomic mass is 9.87. The Kier molecular flexibility index (Phi) is 5.69. The minimum atomic E-state index is -0.356. The summed E-state index contributed by atoms with van der Waals surface area (Å²) in [5.74, 6) is -0.447. The Hall–Kier alpha value is -1.42. The monoisotopic (exact) mass is 280 g/mol. The van der Waals surface area contributed by atoms with Gasteiger partial charge in [-0.1, -0.05) is 39.0 Å². The van der Waals surface area contributed by atoms with Gasteiger partial charge in [0, 0.05) is 18.0 Å². The molecule has 0 aliphatic carbocycles. The maximum atomic E-state index is 13.6. The Morgan fingerprint density at radius 3 is 2.50 bits per heavy atom.